The van der Waals surface area contributed by atoms with Crippen LogP contribution in [0, 0.1) is 25.8 Å². The van der Waals surface area contributed by atoms with E-state index in [1.165, 1.54) is 21.9 Å². The van der Waals surface area contributed by atoms with Crippen molar-refractivity contribution < 1.29 is 30.0 Å². The average Bonchev–Trinajstić information content (AvgIpc) is 2.78. The third-order valence-corrected chi connectivity index (χ3v) is 6.56. The van der Waals surface area contributed by atoms with Crippen molar-refractivity contribution in [1.82, 2.24) is 4.98 Å². The van der Waals surface area contributed by atoms with Gasteiger partial charge in [-0.25, -0.2) is 0 Å². The molecule has 2 aromatic carbocycles. The maximum absolute atomic E-state index is 11.4. The fourth-order valence-corrected chi connectivity index (χ4v) is 4.94. The molecular weight excluding hydrogens is 587 g/mol. The van der Waals surface area contributed by atoms with Crippen LogP contribution in [0.5, 0.6) is 0 Å². The molecule has 0 amide bonds. The first-order chi connectivity index (χ1) is 15.4. The Morgan fingerprint density at radius 3 is 2.48 bits per heavy atom. The molecule has 0 spiro atoms. The number of hydrogen-bond donors (Lipinski definition) is 1. The van der Waals surface area contributed by atoms with Gasteiger partial charge in [-0.1, -0.05) is 45.0 Å². The number of rotatable bonds is 2. The first-order valence-electron chi connectivity index (χ1n) is 11.8. The van der Waals surface area contributed by atoms with Crippen molar-refractivity contribution in [3.63, 3.8) is 0 Å². The van der Waals surface area contributed by atoms with Crippen molar-refractivity contribution >= 4 is 16.6 Å². The number of pyridine rings is 1. The van der Waals surface area contributed by atoms with E-state index in [1.54, 1.807) is 0 Å². The van der Waals surface area contributed by atoms with E-state index in [9.17, 15) is 9.90 Å². The van der Waals surface area contributed by atoms with Gasteiger partial charge in [0.2, 0.25) is 0 Å². The molecule has 2 aliphatic carbocycles. The van der Waals surface area contributed by atoms with Gasteiger partial charge >= 0.3 is 0 Å². The van der Waals surface area contributed by atoms with Crippen LogP contribution in [0.3, 0.4) is 0 Å². The number of fused-ring (bicyclic) bond motifs is 2. The van der Waals surface area contributed by atoms with E-state index >= 15 is 0 Å². The molecule has 1 unspecified atom stereocenters. The van der Waals surface area contributed by atoms with Gasteiger partial charge in [0.25, 0.3) is 0 Å². The van der Waals surface area contributed by atoms with Crippen LogP contribution in [0.15, 0.2) is 53.9 Å². The summed E-state index contributed by atoms with van der Waals surface area (Å²) in [4.78, 5) is 16.0. The largest absolute Gasteiger partial charge is 0.512 e. The van der Waals surface area contributed by atoms with E-state index < -0.39 is 0 Å². The van der Waals surface area contributed by atoms with Crippen molar-refractivity contribution in [3.05, 3.63) is 76.7 Å². The summed E-state index contributed by atoms with van der Waals surface area (Å²) < 4.78 is 0. The van der Waals surface area contributed by atoms with E-state index in [4.69, 9.17) is 0 Å². The van der Waals surface area contributed by atoms with Crippen molar-refractivity contribution in [2.24, 2.45) is 5.92 Å². The Balaban J connectivity index is 0.000000202. The van der Waals surface area contributed by atoms with Gasteiger partial charge in [-0.3, -0.25) is 4.79 Å². The van der Waals surface area contributed by atoms with E-state index in [-0.39, 0.29) is 25.9 Å². The fraction of sp³-hybridized carbons (Fsp3) is 0.379. The zero-order valence-electron chi connectivity index (χ0n) is 19.7. The Morgan fingerprint density at radius 1 is 1.03 bits per heavy atom. The number of benzene rings is 2. The quantitative estimate of drug-likeness (QED) is 0.309. The number of Topliss-reactive ketones (excluding diaryl/α,β-unsaturated/α-hetero) is 1. The van der Waals surface area contributed by atoms with Gasteiger partial charge in [-0.05, 0) is 60.1 Å². The number of aliphatic hydroxyl groups excluding tert-OH is 1. The molecule has 1 N–H and O–H groups in total. The number of aryl methyl sites for hydroxylation is 3. The minimum Gasteiger partial charge on any atom is -0.512 e. The third kappa shape index (κ3) is 5.99. The van der Waals surface area contributed by atoms with E-state index in [0.29, 0.717) is 18.1 Å². The van der Waals surface area contributed by atoms with E-state index in [1.807, 2.05) is 6.20 Å². The predicted molar refractivity (Wildman–Crippen MR) is 131 cm³/mol. The van der Waals surface area contributed by atoms with Crippen LogP contribution in [-0.2, 0) is 31.3 Å². The molecule has 1 saturated carbocycles. The molecule has 1 fully saturated rings. The Kier molecular flexibility index (Phi) is 8.62. The molecule has 5 rings (SSSR count). The molecule has 0 saturated heterocycles. The molecule has 3 aromatic rings. The Bertz CT molecular complexity index is 1160. The van der Waals surface area contributed by atoms with Gasteiger partial charge in [0.15, 0.2) is 5.78 Å². The number of aliphatic hydroxyl groups is 1. The van der Waals surface area contributed by atoms with Gasteiger partial charge in [0.05, 0.1) is 5.76 Å². The number of aromatic nitrogens is 1. The molecule has 4 heteroatoms. The molecule has 2 aliphatic rings. The van der Waals surface area contributed by atoms with Crippen LogP contribution < -0.4 is 0 Å². The molecule has 0 aliphatic heterocycles. The topological polar surface area (TPSA) is 50.2 Å². The normalized spacial score (nSPS) is 17.7. The zero-order valence-corrected chi connectivity index (χ0v) is 22.1. The molecule has 175 valence electrons. The second kappa shape index (κ2) is 11.2. The number of nitrogens with zero attached hydrogens (tertiary/aromatic N) is 1. The van der Waals surface area contributed by atoms with Crippen molar-refractivity contribution in [2.75, 3.05) is 0 Å². The number of hydrogen-bond acceptors (Lipinski definition) is 3. The smallest absolute Gasteiger partial charge is 0.162 e. The van der Waals surface area contributed by atoms with Crippen molar-refractivity contribution in [1.29, 1.82) is 0 Å². The van der Waals surface area contributed by atoms with Gasteiger partial charge in [-0.2, -0.15) is 0 Å². The minimum atomic E-state index is 0. The Morgan fingerprint density at radius 2 is 1.79 bits per heavy atom. The summed E-state index contributed by atoms with van der Waals surface area (Å²) in [6.07, 6.45) is 8.65. The number of carbonyl (C=O) groups is 1. The first-order valence-corrected chi connectivity index (χ1v) is 11.8. The van der Waals surface area contributed by atoms with E-state index in [2.05, 4.69) is 68.2 Å². The molecule has 33 heavy (non-hydrogen) atoms. The SMILES string of the molecule is CCc1ccc2cnc(-c3[c-]c(C)cc(C)c3)cc2c1.O=C1CCCC2CCCC(O)=C12.[Ir]. The molecular formula is C29H32IrNO2-. The maximum Gasteiger partial charge on any atom is 0.162 e. The maximum atomic E-state index is 11.4. The summed E-state index contributed by atoms with van der Waals surface area (Å²) in [5.74, 6) is 0.972. The predicted octanol–water partition coefficient (Wildman–Crippen LogP) is 7.23. The zero-order chi connectivity index (χ0) is 22.7. The van der Waals surface area contributed by atoms with Gasteiger partial charge < -0.3 is 10.1 Å². The van der Waals surface area contributed by atoms with Gasteiger partial charge in [0, 0.05) is 44.7 Å². The van der Waals surface area contributed by atoms with Crippen molar-refractivity contribution in [3.8, 4) is 11.3 Å². The van der Waals surface area contributed by atoms with Crippen molar-refractivity contribution in [2.45, 2.75) is 65.7 Å². The summed E-state index contributed by atoms with van der Waals surface area (Å²) in [7, 11) is 0. The molecule has 1 radical (unpaired) electrons. The minimum absolute atomic E-state index is 0. The van der Waals surface area contributed by atoms with Crippen LogP contribution >= 0.6 is 0 Å². The second-order valence-corrected chi connectivity index (χ2v) is 9.12. The summed E-state index contributed by atoms with van der Waals surface area (Å²) in [5, 5.41) is 12.0. The van der Waals surface area contributed by atoms with Gasteiger partial charge in [-0.15, -0.1) is 34.9 Å². The average molecular weight is 619 g/mol. The van der Waals surface area contributed by atoms with Crippen LogP contribution in [0.1, 0.15) is 62.1 Å². The van der Waals surface area contributed by atoms with Crippen LogP contribution in [0.2, 0.25) is 0 Å². The summed E-state index contributed by atoms with van der Waals surface area (Å²) >= 11 is 0. The summed E-state index contributed by atoms with van der Waals surface area (Å²) in [5.41, 5.74) is 6.61. The monoisotopic (exact) mass is 619 g/mol. The molecule has 1 atom stereocenters. The van der Waals surface area contributed by atoms with Crippen LogP contribution in [0.25, 0.3) is 22.0 Å². The molecule has 1 heterocycles. The van der Waals surface area contributed by atoms with Gasteiger partial charge in [0.1, 0.15) is 0 Å². The summed E-state index contributed by atoms with van der Waals surface area (Å²) in [6, 6.07) is 16.4. The summed E-state index contributed by atoms with van der Waals surface area (Å²) in [6.45, 7) is 6.37. The molecule has 1 aromatic heterocycles. The Labute approximate surface area is 210 Å². The number of ketones is 1. The second-order valence-electron chi connectivity index (χ2n) is 9.12. The Hall–Kier alpha value is -2.29. The first kappa shape index (κ1) is 25.3. The number of allylic oxidation sites excluding steroid dienone is 2. The molecule has 3 nitrogen and oxygen atoms in total. The van der Waals surface area contributed by atoms with E-state index in [0.717, 1.165) is 60.9 Å². The molecule has 0 bridgehead atoms. The fourth-order valence-electron chi connectivity index (χ4n) is 4.94. The van der Waals surface area contributed by atoms with Crippen LogP contribution in [-0.4, -0.2) is 15.9 Å². The third-order valence-electron chi connectivity index (χ3n) is 6.56. The number of carbonyl (C=O) groups excluding carboxylic acids is 1. The van der Waals surface area contributed by atoms with Crippen LogP contribution in [0.4, 0.5) is 0 Å². The standard InChI is InChI=1S/C19H18N.C10H14O2.Ir/c1-4-15-5-6-16-12-20-19(11-17(16)10-15)18-8-13(2)7-14(3)9-18;11-8-5-1-3-7-4-2-6-9(12)10(7)8;/h5-8,10-12H,4H2,1-3H3;7,11H,1-6H2;/q-1;;.